The van der Waals surface area contributed by atoms with Gasteiger partial charge in [-0.2, -0.15) is 5.10 Å². The number of nitrogens with one attached hydrogen (secondary N) is 1. The number of hydrogen-bond acceptors (Lipinski definition) is 4. The monoisotopic (exact) mass is 259 g/mol. The van der Waals surface area contributed by atoms with Gasteiger partial charge in [0.05, 0.1) is 19.3 Å². The van der Waals surface area contributed by atoms with Gasteiger partial charge in [0.25, 0.3) is 0 Å². The van der Waals surface area contributed by atoms with E-state index in [4.69, 9.17) is 5.11 Å². The van der Waals surface area contributed by atoms with E-state index >= 15 is 0 Å². The normalized spacial score (nSPS) is 17.0. The van der Waals surface area contributed by atoms with Gasteiger partial charge in [0, 0.05) is 12.7 Å². The van der Waals surface area contributed by atoms with E-state index in [2.05, 4.69) is 9.82 Å². The molecule has 1 aliphatic rings. The van der Waals surface area contributed by atoms with Crippen molar-refractivity contribution < 1.29 is 13.5 Å². The average molecular weight is 259 g/mol. The molecular formula is C10H17N3O3S. The van der Waals surface area contributed by atoms with Crippen molar-refractivity contribution >= 4 is 10.0 Å². The fourth-order valence-corrected chi connectivity index (χ4v) is 2.78. The molecular weight excluding hydrogens is 242 g/mol. The number of sulfonamides is 1. The summed E-state index contributed by atoms with van der Waals surface area (Å²) < 4.78 is 27.7. The summed E-state index contributed by atoms with van der Waals surface area (Å²) in [4.78, 5) is 0.158. The van der Waals surface area contributed by atoms with Crippen molar-refractivity contribution in [3.8, 4) is 0 Å². The van der Waals surface area contributed by atoms with Crippen molar-refractivity contribution in [1.29, 1.82) is 0 Å². The molecule has 1 aliphatic carbocycles. The maximum absolute atomic E-state index is 11.9. The van der Waals surface area contributed by atoms with Crippen LogP contribution in [0.1, 0.15) is 19.3 Å². The molecule has 0 aromatic carbocycles. The Bertz CT molecular complexity index is 465. The summed E-state index contributed by atoms with van der Waals surface area (Å²) in [6.07, 6.45) is 6.14. The molecule has 17 heavy (non-hydrogen) atoms. The lowest BCUT2D eigenvalue weighted by Gasteiger charge is -2.25. The summed E-state index contributed by atoms with van der Waals surface area (Å²) in [7, 11) is -3.44. The third-order valence-corrected chi connectivity index (χ3v) is 4.41. The molecule has 0 radical (unpaired) electrons. The first-order valence-electron chi connectivity index (χ1n) is 5.75. The Morgan fingerprint density at radius 3 is 2.88 bits per heavy atom. The van der Waals surface area contributed by atoms with Crippen LogP contribution in [-0.2, 0) is 16.6 Å². The lowest BCUT2D eigenvalue weighted by Crippen LogP contribution is -2.32. The molecule has 2 N–H and O–H groups in total. The van der Waals surface area contributed by atoms with E-state index in [0.717, 1.165) is 12.8 Å². The smallest absolute Gasteiger partial charge is 0.243 e. The Kier molecular flexibility index (Phi) is 3.80. The highest BCUT2D eigenvalue weighted by molar-refractivity contribution is 7.89. The molecule has 2 rings (SSSR count). The third-order valence-electron chi connectivity index (χ3n) is 3.04. The van der Waals surface area contributed by atoms with Gasteiger partial charge in [-0.3, -0.25) is 4.68 Å². The van der Waals surface area contributed by atoms with Gasteiger partial charge in [0.1, 0.15) is 4.90 Å². The van der Waals surface area contributed by atoms with Crippen LogP contribution in [-0.4, -0.2) is 36.5 Å². The quantitative estimate of drug-likeness (QED) is 0.750. The minimum absolute atomic E-state index is 0.0589. The van der Waals surface area contributed by atoms with Crippen LogP contribution in [0.5, 0.6) is 0 Å². The van der Waals surface area contributed by atoms with Crippen LogP contribution in [0.15, 0.2) is 17.3 Å². The van der Waals surface area contributed by atoms with Gasteiger partial charge in [-0.25, -0.2) is 13.1 Å². The third kappa shape index (κ3) is 3.05. The van der Waals surface area contributed by atoms with E-state index < -0.39 is 10.0 Å². The van der Waals surface area contributed by atoms with Crippen molar-refractivity contribution in [3.05, 3.63) is 12.4 Å². The van der Waals surface area contributed by atoms with Gasteiger partial charge in [-0.15, -0.1) is 0 Å². The lowest BCUT2D eigenvalue weighted by molar-refractivity contribution is 0.269. The summed E-state index contributed by atoms with van der Waals surface area (Å²) >= 11 is 0. The summed E-state index contributed by atoms with van der Waals surface area (Å²) in [6, 6.07) is 0. The predicted octanol–water partition coefficient (Wildman–Crippen LogP) is -0.0462. The second-order valence-electron chi connectivity index (χ2n) is 4.31. The lowest BCUT2D eigenvalue weighted by atomic mass is 9.86. The molecule has 0 unspecified atom stereocenters. The Morgan fingerprint density at radius 1 is 1.53 bits per heavy atom. The average Bonchev–Trinajstić information content (AvgIpc) is 2.65. The Hall–Kier alpha value is -0.920. The number of aliphatic hydroxyl groups excluding tert-OH is 1. The second-order valence-corrected chi connectivity index (χ2v) is 6.08. The van der Waals surface area contributed by atoms with E-state index in [0.29, 0.717) is 19.0 Å². The second kappa shape index (κ2) is 5.16. The number of hydrogen-bond donors (Lipinski definition) is 2. The van der Waals surface area contributed by atoms with Gasteiger partial charge in [0.2, 0.25) is 10.0 Å². The fraction of sp³-hybridized carbons (Fsp3) is 0.700. The van der Waals surface area contributed by atoms with Gasteiger partial charge >= 0.3 is 0 Å². The molecule has 0 atom stereocenters. The highest BCUT2D eigenvalue weighted by Crippen LogP contribution is 2.25. The van der Waals surface area contributed by atoms with Crippen LogP contribution >= 0.6 is 0 Å². The largest absolute Gasteiger partial charge is 0.394 e. The molecule has 0 spiro atoms. The number of aromatic nitrogens is 2. The van der Waals surface area contributed by atoms with E-state index in [-0.39, 0.29) is 11.5 Å². The summed E-state index contributed by atoms with van der Waals surface area (Å²) in [5, 5.41) is 12.6. The molecule has 1 saturated carbocycles. The Balaban J connectivity index is 1.97. The van der Waals surface area contributed by atoms with Crippen LogP contribution in [0.25, 0.3) is 0 Å². The highest BCUT2D eigenvalue weighted by atomic mass is 32.2. The Labute approximate surface area is 101 Å². The van der Waals surface area contributed by atoms with Crippen LogP contribution < -0.4 is 4.72 Å². The standard InChI is InChI=1S/C10H17N3O3S/c14-5-4-13-8-10(7-11-13)17(15,16)12-6-9-2-1-3-9/h7-9,12,14H,1-6H2. The molecule has 1 aromatic rings. The molecule has 0 bridgehead atoms. The number of nitrogens with zero attached hydrogens (tertiary/aromatic N) is 2. The molecule has 0 saturated heterocycles. The highest BCUT2D eigenvalue weighted by Gasteiger charge is 2.22. The van der Waals surface area contributed by atoms with Gasteiger partial charge in [-0.05, 0) is 18.8 Å². The first-order valence-corrected chi connectivity index (χ1v) is 7.23. The van der Waals surface area contributed by atoms with E-state index in [1.165, 1.54) is 23.5 Å². The van der Waals surface area contributed by atoms with Crippen molar-refractivity contribution in [1.82, 2.24) is 14.5 Å². The molecule has 0 aliphatic heterocycles. The van der Waals surface area contributed by atoms with E-state index in [1.807, 2.05) is 0 Å². The SMILES string of the molecule is O=S(=O)(NCC1CCC1)c1cnn(CCO)c1. The summed E-state index contributed by atoms with van der Waals surface area (Å²) in [5.74, 6) is 0.484. The van der Waals surface area contributed by atoms with E-state index in [1.54, 1.807) is 0 Å². The van der Waals surface area contributed by atoms with Crippen LogP contribution in [0.3, 0.4) is 0 Å². The van der Waals surface area contributed by atoms with Crippen LogP contribution in [0, 0.1) is 5.92 Å². The zero-order valence-electron chi connectivity index (χ0n) is 9.54. The zero-order valence-corrected chi connectivity index (χ0v) is 10.4. The van der Waals surface area contributed by atoms with Crippen LogP contribution in [0.2, 0.25) is 0 Å². The molecule has 96 valence electrons. The number of rotatable bonds is 6. The fourth-order valence-electron chi connectivity index (χ4n) is 1.72. The topological polar surface area (TPSA) is 84.2 Å². The molecule has 1 fully saturated rings. The van der Waals surface area contributed by atoms with Crippen molar-refractivity contribution in [3.63, 3.8) is 0 Å². The summed E-state index contributed by atoms with van der Waals surface area (Å²) in [6.45, 7) is 0.752. The molecule has 0 amide bonds. The van der Waals surface area contributed by atoms with Crippen molar-refractivity contribution in [2.75, 3.05) is 13.2 Å². The molecule has 6 nitrogen and oxygen atoms in total. The van der Waals surface area contributed by atoms with Gasteiger partial charge in [0.15, 0.2) is 0 Å². The van der Waals surface area contributed by atoms with Gasteiger partial charge in [-0.1, -0.05) is 6.42 Å². The first kappa shape index (κ1) is 12.5. The van der Waals surface area contributed by atoms with Crippen molar-refractivity contribution in [2.24, 2.45) is 5.92 Å². The van der Waals surface area contributed by atoms with Crippen LogP contribution in [0.4, 0.5) is 0 Å². The minimum atomic E-state index is -3.44. The summed E-state index contributed by atoms with van der Waals surface area (Å²) in [5.41, 5.74) is 0. The Morgan fingerprint density at radius 2 is 2.29 bits per heavy atom. The minimum Gasteiger partial charge on any atom is -0.394 e. The molecule has 1 heterocycles. The van der Waals surface area contributed by atoms with Gasteiger partial charge < -0.3 is 5.11 Å². The first-order chi connectivity index (χ1) is 8.12. The number of aliphatic hydroxyl groups is 1. The zero-order chi connectivity index (χ0) is 12.3. The predicted molar refractivity (Wildman–Crippen MR) is 61.8 cm³/mol. The molecule has 1 aromatic heterocycles. The van der Waals surface area contributed by atoms with E-state index in [9.17, 15) is 8.42 Å². The van der Waals surface area contributed by atoms with Crippen molar-refractivity contribution in [2.45, 2.75) is 30.7 Å². The maximum atomic E-state index is 11.9. The molecule has 7 heteroatoms. The maximum Gasteiger partial charge on any atom is 0.243 e.